The molecule has 2 atom stereocenters. The minimum absolute atomic E-state index is 0.0543. The summed E-state index contributed by atoms with van der Waals surface area (Å²) in [5.74, 6) is 1.42. The number of halogens is 1. The molecular formula is C21H25BrN4O. The van der Waals surface area contributed by atoms with Crippen molar-refractivity contribution in [3.8, 4) is 0 Å². The third kappa shape index (κ3) is 2.67. The van der Waals surface area contributed by atoms with Gasteiger partial charge in [-0.3, -0.25) is 4.79 Å². The predicted molar refractivity (Wildman–Crippen MR) is 107 cm³/mol. The van der Waals surface area contributed by atoms with E-state index in [9.17, 15) is 4.79 Å². The Morgan fingerprint density at radius 2 is 1.85 bits per heavy atom. The number of aromatic nitrogens is 3. The van der Waals surface area contributed by atoms with Crippen molar-refractivity contribution in [2.24, 2.45) is 17.3 Å². The molecule has 0 aliphatic heterocycles. The van der Waals surface area contributed by atoms with Gasteiger partial charge in [-0.15, -0.1) is 5.10 Å². The number of aryl methyl sites for hydroxylation is 2. The van der Waals surface area contributed by atoms with Crippen LogP contribution in [-0.2, 0) is 10.3 Å². The zero-order valence-electron chi connectivity index (χ0n) is 15.8. The van der Waals surface area contributed by atoms with Crippen LogP contribution in [0.15, 0.2) is 29.3 Å². The van der Waals surface area contributed by atoms with E-state index in [0.717, 1.165) is 48.9 Å². The molecule has 4 saturated carbocycles. The van der Waals surface area contributed by atoms with Crippen molar-refractivity contribution in [1.29, 1.82) is 0 Å². The highest BCUT2D eigenvalue weighted by Gasteiger charge is 2.61. The van der Waals surface area contributed by atoms with Crippen LogP contribution < -0.4 is 5.32 Å². The maximum atomic E-state index is 13.6. The summed E-state index contributed by atoms with van der Waals surface area (Å²) in [5, 5.41) is 7.91. The van der Waals surface area contributed by atoms with E-state index in [-0.39, 0.29) is 16.9 Å². The number of nitrogens with one attached hydrogen (secondary N) is 1. The van der Waals surface area contributed by atoms with Gasteiger partial charge in [0.05, 0.1) is 11.0 Å². The van der Waals surface area contributed by atoms with E-state index in [1.165, 1.54) is 6.42 Å². The monoisotopic (exact) mass is 428 g/mol. The number of carbonyl (C=O) groups is 1. The maximum absolute atomic E-state index is 13.6. The molecule has 1 N–H and O–H groups in total. The van der Waals surface area contributed by atoms with Crippen molar-refractivity contribution in [3.05, 3.63) is 40.4 Å². The normalized spacial score (nSPS) is 34.0. The largest absolute Gasteiger partial charge is 0.325 e. The Hall–Kier alpha value is -1.69. The van der Waals surface area contributed by atoms with Crippen molar-refractivity contribution in [2.45, 2.75) is 57.9 Å². The van der Waals surface area contributed by atoms with Crippen LogP contribution in [0.4, 0.5) is 5.69 Å². The molecule has 27 heavy (non-hydrogen) atoms. The second-order valence-corrected chi connectivity index (χ2v) is 9.85. The Morgan fingerprint density at radius 3 is 2.44 bits per heavy atom. The molecule has 0 spiro atoms. The second-order valence-electron chi connectivity index (χ2n) is 9.14. The van der Waals surface area contributed by atoms with Gasteiger partial charge in [-0.1, -0.05) is 18.2 Å². The summed E-state index contributed by atoms with van der Waals surface area (Å²) in [6.45, 7) is 4.13. The lowest BCUT2D eigenvalue weighted by Crippen LogP contribution is -2.60. The standard InChI is InChI=1S/C21H25BrN4O/c1-13-4-3-5-14(2)17(13)24-18(27)20-7-15-6-16(8-20)10-21(9-15,11-20)26-12-23-19(22)25-26/h3-5,12,15-16H,6-11H2,1-2H3,(H,24,27). The van der Waals surface area contributed by atoms with Gasteiger partial charge < -0.3 is 5.32 Å². The van der Waals surface area contributed by atoms with Gasteiger partial charge in [0, 0.05) is 5.69 Å². The fourth-order valence-electron chi connectivity index (χ4n) is 6.48. The number of nitrogens with zero attached hydrogens (tertiary/aromatic N) is 3. The van der Waals surface area contributed by atoms with Crippen LogP contribution >= 0.6 is 15.9 Å². The summed E-state index contributed by atoms with van der Waals surface area (Å²) in [4.78, 5) is 17.9. The van der Waals surface area contributed by atoms with Crippen molar-refractivity contribution in [1.82, 2.24) is 14.8 Å². The van der Waals surface area contributed by atoms with Gasteiger partial charge in [0.15, 0.2) is 0 Å². The van der Waals surface area contributed by atoms with Gasteiger partial charge in [0.2, 0.25) is 10.6 Å². The zero-order valence-corrected chi connectivity index (χ0v) is 17.4. The fourth-order valence-corrected chi connectivity index (χ4v) is 6.74. The van der Waals surface area contributed by atoms with Crippen LogP contribution in [0.25, 0.3) is 0 Å². The van der Waals surface area contributed by atoms with E-state index in [0.29, 0.717) is 16.6 Å². The molecule has 6 heteroatoms. The number of hydrogen-bond donors (Lipinski definition) is 1. The lowest BCUT2D eigenvalue weighted by molar-refractivity contribution is -0.150. The van der Waals surface area contributed by atoms with Crippen molar-refractivity contribution >= 4 is 27.5 Å². The van der Waals surface area contributed by atoms with E-state index >= 15 is 0 Å². The highest BCUT2D eigenvalue weighted by molar-refractivity contribution is 9.10. The van der Waals surface area contributed by atoms with Gasteiger partial charge in [0.1, 0.15) is 6.33 Å². The summed E-state index contributed by atoms with van der Waals surface area (Å²) >= 11 is 3.39. The van der Waals surface area contributed by atoms with Crippen LogP contribution in [0.5, 0.6) is 0 Å². The van der Waals surface area contributed by atoms with Gasteiger partial charge in [-0.05, 0) is 91.3 Å². The van der Waals surface area contributed by atoms with Crippen LogP contribution in [0.3, 0.4) is 0 Å². The Bertz CT molecular complexity index is 886. The molecule has 4 aliphatic rings. The van der Waals surface area contributed by atoms with E-state index in [2.05, 4.69) is 62.0 Å². The summed E-state index contributed by atoms with van der Waals surface area (Å²) in [7, 11) is 0. The van der Waals surface area contributed by atoms with Gasteiger partial charge in [0.25, 0.3) is 0 Å². The SMILES string of the molecule is Cc1cccc(C)c1NC(=O)C12CC3CC(C1)CC(n1cnc(Br)n1)(C3)C2. The average Bonchev–Trinajstić information content (AvgIpc) is 3.04. The highest BCUT2D eigenvalue weighted by atomic mass is 79.9. The van der Waals surface area contributed by atoms with Crippen LogP contribution in [0.1, 0.15) is 49.7 Å². The lowest BCUT2D eigenvalue weighted by Gasteiger charge is -2.60. The quantitative estimate of drug-likeness (QED) is 0.777. The Kier molecular flexibility index (Phi) is 3.81. The Labute approximate surface area is 168 Å². The zero-order chi connectivity index (χ0) is 18.8. The van der Waals surface area contributed by atoms with Crippen LogP contribution in [-0.4, -0.2) is 20.7 Å². The molecule has 4 aliphatic carbocycles. The molecule has 4 fully saturated rings. The first-order valence-corrected chi connectivity index (χ1v) is 10.6. The van der Waals surface area contributed by atoms with E-state index < -0.39 is 0 Å². The average molecular weight is 429 g/mol. The van der Waals surface area contributed by atoms with Crippen molar-refractivity contribution in [2.75, 3.05) is 5.32 Å². The number of anilines is 1. The molecular weight excluding hydrogens is 404 g/mol. The first kappa shape index (κ1) is 17.4. The molecule has 2 unspecified atom stereocenters. The third-order valence-corrected chi connectivity index (χ3v) is 7.54. The minimum atomic E-state index is -0.281. The maximum Gasteiger partial charge on any atom is 0.230 e. The molecule has 1 heterocycles. The molecule has 0 saturated heterocycles. The number of carbonyl (C=O) groups excluding carboxylic acids is 1. The summed E-state index contributed by atoms with van der Waals surface area (Å²) < 4.78 is 2.68. The van der Waals surface area contributed by atoms with E-state index in [1.807, 2.05) is 12.4 Å². The summed E-state index contributed by atoms with van der Waals surface area (Å²) in [6.07, 6.45) is 8.25. The molecule has 2 aromatic rings. The van der Waals surface area contributed by atoms with Gasteiger partial charge in [-0.2, -0.15) is 0 Å². The van der Waals surface area contributed by atoms with Gasteiger partial charge >= 0.3 is 0 Å². The minimum Gasteiger partial charge on any atom is -0.325 e. The van der Waals surface area contributed by atoms with E-state index in [1.54, 1.807) is 0 Å². The summed E-state index contributed by atoms with van der Waals surface area (Å²) in [6, 6.07) is 6.18. The van der Waals surface area contributed by atoms with Crippen molar-refractivity contribution < 1.29 is 4.79 Å². The van der Waals surface area contributed by atoms with Crippen LogP contribution in [0.2, 0.25) is 0 Å². The van der Waals surface area contributed by atoms with Gasteiger partial charge in [-0.25, -0.2) is 9.67 Å². The van der Waals surface area contributed by atoms with Crippen molar-refractivity contribution in [3.63, 3.8) is 0 Å². The molecule has 1 aromatic carbocycles. The second kappa shape index (κ2) is 5.90. The lowest BCUT2D eigenvalue weighted by atomic mass is 9.46. The molecule has 0 radical (unpaired) electrons. The molecule has 1 amide bonds. The topological polar surface area (TPSA) is 59.8 Å². The predicted octanol–water partition coefficient (Wildman–Crippen LogP) is 4.59. The smallest absolute Gasteiger partial charge is 0.230 e. The number of benzene rings is 1. The molecule has 142 valence electrons. The first-order valence-electron chi connectivity index (χ1n) is 9.85. The number of para-hydroxylation sites is 1. The number of amides is 1. The Balaban J connectivity index is 1.50. The summed E-state index contributed by atoms with van der Waals surface area (Å²) in [5.41, 5.74) is 2.90. The third-order valence-electron chi connectivity index (χ3n) is 7.18. The molecule has 6 rings (SSSR count). The number of rotatable bonds is 3. The van der Waals surface area contributed by atoms with Crippen LogP contribution in [0, 0.1) is 31.1 Å². The highest BCUT2D eigenvalue weighted by Crippen LogP contribution is 2.64. The van der Waals surface area contributed by atoms with E-state index in [4.69, 9.17) is 0 Å². The molecule has 1 aromatic heterocycles. The molecule has 5 nitrogen and oxygen atoms in total. The molecule has 4 bridgehead atoms. The Morgan fingerprint density at radius 1 is 1.19 bits per heavy atom. The first-order chi connectivity index (χ1) is 12.9. The fraction of sp³-hybridized carbons (Fsp3) is 0.571. The number of hydrogen-bond acceptors (Lipinski definition) is 3.